The predicted octanol–water partition coefficient (Wildman–Crippen LogP) is 2.48. The van der Waals surface area contributed by atoms with Crippen molar-refractivity contribution in [3.8, 4) is 17.6 Å². The highest BCUT2D eigenvalue weighted by Gasteiger charge is 2.12. The highest BCUT2D eigenvalue weighted by atomic mass is 16.5. The molecular formula is C14H16O2. The third-order valence-corrected chi connectivity index (χ3v) is 2.31. The van der Waals surface area contributed by atoms with Gasteiger partial charge in [-0.05, 0) is 25.0 Å². The number of benzene rings is 1. The Morgan fingerprint density at radius 2 is 2.31 bits per heavy atom. The van der Waals surface area contributed by atoms with Crippen molar-refractivity contribution in [1.82, 2.24) is 0 Å². The number of rotatable bonds is 4. The summed E-state index contributed by atoms with van der Waals surface area (Å²) in [5, 5.41) is 9.88. The molecule has 0 bridgehead atoms. The third-order valence-electron chi connectivity index (χ3n) is 2.31. The average Bonchev–Trinajstić information content (AvgIpc) is 2.30. The molecule has 84 valence electrons. The van der Waals surface area contributed by atoms with E-state index in [4.69, 9.17) is 4.74 Å². The van der Waals surface area contributed by atoms with Gasteiger partial charge < -0.3 is 9.84 Å². The predicted molar refractivity (Wildman–Crippen MR) is 65.3 cm³/mol. The van der Waals surface area contributed by atoms with E-state index in [0.29, 0.717) is 6.42 Å². The number of methoxy groups -OCH3 is 1. The summed E-state index contributed by atoms with van der Waals surface area (Å²) in [5.41, 5.74) is 1.73. The van der Waals surface area contributed by atoms with E-state index in [0.717, 1.165) is 16.9 Å². The van der Waals surface area contributed by atoms with E-state index >= 15 is 0 Å². The lowest BCUT2D eigenvalue weighted by molar-refractivity contribution is 0.236. The molecule has 1 N–H and O–H groups in total. The summed E-state index contributed by atoms with van der Waals surface area (Å²) in [6, 6.07) is 5.58. The Balaban J connectivity index is 3.23. The Labute approximate surface area is 96.6 Å². The number of hydrogen-bond donors (Lipinski definition) is 1. The monoisotopic (exact) mass is 216 g/mol. The molecule has 0 fully saturated rings. The fraction of sp³-hybridized carbons (Fsp3) is 0.286. The SMILES string of the molecule is C=CCc1c(OC)cccc1C(O)C#CC. The van der Waals surface area contributed by atoms with Gasteiger partial charge in [-0.25, -0.2) is 0 Å². The zero-order valence-electron chi connectivity index (χ0n) is 9.66. The number of aliphatic hydroxyl groups excluding tert-OH is 1. The van der Waals surface area contributed by atoms with Crippen LogP contribution in [0.15, 0.2) is 30.9 Å². The van der Waals surface area contributed by atoms with Crippen molar-refractivity contribution in [2.45, 2.75) is 19.4 Å². The van der Waals surface area contributed by atoms with E-state index < -0.39 is 6.10 Å². The number of hydrogen-bond acceptors (Lipinski definition) is 2. The van der Waals surface area contributed by atoms with Crippen LogP contribution in [0.25, 0.3) is 0 Å². The minimum Gasteiger partial charge on any atom is -0.496 e. The Hall–Kier alpha value is -1.72. The molecule has 0 saturated heterocycles. The van der Waals surface area contributed by atoms with Crippen LogP contribution in [-0.2, 0) is 6.42 Å². The molecule has 1 aromatic rings. The largest absolute Gasteiger partial charge is 0.496 e. The lowest BCUT2D eigenvalue weighted by Crippen LogP contribution is -2.02. The molecule has 1 unspecified atom stereocenters. The molecule has 0 saturated carbocycles. The molecule has 1 aromatic carbocycles. The first-order valence-corrected chi connectivity index (χ1v) is 5.11. The average molecular weight is 216 g/mol. The van der Waals surface area contributed by atoms with Crippen molar-refractivity contribution in [1.29, 1.82) is 0 Å². The summed E-state index contributed by atoms with van der Waals surface area (Å²) in [6.45, 7) is 5.41. The molecule has 2 nitrogen and oxygen atoms in total. The maximum atomic E-state index is 9.88. The molecule has 16 heavy (non-hydrogen) atoms. The molecule has 1 atom stereocenters. The van der Waals surface area contributed by atoms with Gasteiger partial charge in [0.1, 0.15) is 11.9 Å². The molecule has 0 aliphatic carbocycles. The summed E-state index contributed by atoms with van der Waals surface area (Å²) in [5.74, 6) is 6.19. The lowest BCUT2D eigenvalue weighted by atomic mass is 9.99. The fourth-order valence-electron chi connectivity index (χ4n) is 1.61. The minimum absolute atomic E-state index is 0.655. The Morgan fingerprint density at radius 1 is 1.56 bits per heavy atom. The molecule has 2 heteroatoms. The summed E-state index contributed by atoms with van der Waals surface area (Å²) < 4.78 is 5.26. The van der Waals surface area contributed by atoms with Crippen LogP contribution < -0.4 is 4.74 Å². The molecule has 0 amide bonds. The summed E-state index contributed by atoms with van der Waals surface area (Å²) >= 11 is 0. The van der Waals surface area contributed by atoms with Gasteiger partial charge in [0.15, 0.2) is 0 Å². The van der Waals surface area contributed by atoms with E-state index in [2.05, 4.69) is 18.4 Å². The molecule has 0 aliphatic rings. The van der Waals surface area contributed by atoms with Crippen LogP contribution >= 0.6 is 0 Å². The molecule has 1 rings (SSSR count). The second kappa shape index (κ2) is 5.99. The fourth-order valence-corrected chi connectivity index (χ4v) is 1.61. The first-order chi connectivity index (χ1) is 7.74. The second-order valence-electron chi connectivity index (χ2n) is 3.32. The molecule has 0 spiro atoms. The smallest absolute Gasteiger partial charge is 0.140 e. The van der Waals surface area contributed by atoms with Crippen molar-refractivity contribution >= 4 is 0 Å². The maximum Gasteiger partial charge on any atom is 0.140 e. The Kier molecular flexibility index (Phi) is 4.63. The van der Waals surface area contributed by atoms with Crippen LogP contribution in [0.2, 0.25) is 0 Å². The van der Waals surface area contributed by atoms with Gasteiger partial charge in [0.05, 0.1) is 7.11 Å². The molecule has 0 aliphatic heterocycles. The first-order valence-electron chi connectivity index (χ1n) is 5.11. The van der Waals surface area contributed by atoms with Crippen molar-refractivity contribution in [3.05, 3.63) is 42.0 Å². The van der Waals surface area contributed by atoms with Crippen LogP contribution in [0.1, 0.15) is 24.2 Å². The first kappa shape index (κ1) is 12.4. The zero-order valence-corrected chi connectivity index (χ0v) is 9.66. The van der Waals surface area contributed by atoms with Gasteiger partial charge in [-0.1, -0.05) is 24.1 Å². The van der Waals surface area contributed by atoms with Gasteiger partial charge >= 0.3 is 0 Å². The van der Waals surface area contributed by atoms with Gasteiger partial charge in [-0.2, -0.15) is 0 Å². The van der Waals surface area contributed by atoms with Gasteiger partial charge in [0, 0.05) is 5.56 Å². The van der Waals surface area contributed by atoms with Gasteiger partial charge in [0.25, 0.3) is 0 Å². The highest BCUT2D eigenvalue weighted by Crippen LogP contribution is 2.27. The van der Waals surface area contributed by atoms with Crippen LogP contribution in [0.3, 0.4) is 0 Å². The van der Waals surface area contributed by atoms with E-state index in [1.165, 1.54) is 0 Å². The normalized spacial score (nSPS) is 11.2. The van der Waals surface area contributed by atoms with E-state index in [1.807, 2.05) is 18.2 Å². The summed E-state index contributed by atoms with van der Waals surface area (Å²) in [6.07, 6.45) is 1.67. The second-order valence-corrected chi connectivity index (χ2v) is 3.32. The maximum absolute atomic E-state index is 9.88. The van der Waals surface area contributed by atoms with E-state index in [9.17, 15) is 5.11 Å². The van der Waals surface area contributed by atoms with Crippen LogP contribution in [0, 0.1) is 11.8 Å². The van der Waals surface area contributed by atoms with Gasteiger partial charge in [-0.15, -0.1) is 12.5 Å². The Morgan fingerprint density at radius 3 is 2.88 bits per heavy atom. The molecule has 0 radical (unpaired) electrons. The van der Waals surface area contributed by atoms with Crippen LogP contribution in [0.5, 0.6) is 5.75 Å². The third kappa shape index (κ3) is 2.65. The summed E-state index contributed by atoms with van der Waals surface area (Å²) in [7, 11) is 1.61. The zero-order chi connectivity index (χ0) is 12.0. The molecule has 0 heterocycles. The van der Waals surface area contributed by atoms with E-state index in [-0.39, 0.29) is 0 Å². The molecular weight excluding hydrogens is 200 g/mol. The quantitative estimate of drug-likeness (QED) is 0.619. The van der Waals surface area contributed by atoms with Crippen LogP contribution in [0.4, 0.5) is 0 Å². The van der Waals surface area contributed by atoms with Crippen molar-refractivity contribution in [3.63, 3.8) is 0 Å². The van der Waals surface area contributed by atoms with Crippen molar-refractivity contribution < 1.29 is 9.84 Å². The minimum atomic E-state index is -0.768. The highest BCUT2D eigenvalue weighted by molar-refractivity contribution is 5.44. The van der Waals surface area contributed by atoms with Crippen molar-refractivity contribution in [2.75, 3.05) is 7.11 Å². The number of aliphatic hydroxyl groups is 1. The molecule has 0 aromatic heterocycles. The lowest BCUT2D eigenvalue weighted by Gasteiger charge is -2.13. The van der Waals surface area contributed by atoms with Crippen molar-refractivity contribution in [2.24, 2.45) is 0 Å². The number of allylic oxidation sites excluding steroid dienone is 1. The van der Waals surface area contributed by atoms with E-state index in [1.54, 1.807) is 20.1 Å². The summed E-state index contributed by atoms with van der Waals surface area (Å²) in [4.78, 5) is 0. The number of ether oxygens (including phenoxy) is 1. The van der Waals surface area contributed by atoms with Crippen LogP contribution in [-0.4, -0.2) is 12.2 Å². The topological polar surface area (TPSA) is 29.5 Å². The van der Waals surface area contributed by atoms with Gasteiger partial charge in [0.2, 0.25) is 0 Å². The Bertz CT molecular complexity index is 424. The van der Waals surface area contributed by atoms with Gasteiger partial charge in [-0.3, -0.25) is 0 Å². The standard InChI is InChI=1S/C14H16O2/c1-4-7-12-11(13(15)8-5-2)9-6-10-14(12)16-3/h4,6,9-10,13,15H,1,7H2,2-3H3.